The molecule has 2 rings (SSSR count). The van der Waals surface area contributed by atoms with E-state index in [0.29, 0.717) is 18.1 Å². The first-order chi connectivity index (χ1) is 10.7. The first kappa shape index (κ1) is 15.7. The van der Waals surface area contributed by atoms with Crippen LogP contribution in [-0.4, -0.2) is 28.0 Å². The monoisotopic (exact) mass is 301 g/mol. The molecule has 0 spiro atoms. The minimum atomic E-state index is -0.519. The van der Waals surface area contributed by atoms with Gasteiger partial charge < -0.3 is 4.74 Å². The number of hydrogen-bond donors (Lipinski definition) is 2. The van der Waals surface area contributed by atoms with E-state index in [-0.39, 0.29) is 0 Å². The average molecular weight is 301 g/mol. The molecule has 0 aliphatic rings. The Morgan fingerprint density at radius 2 is 2.32 bits per heavy atom. The van der Waals surface area contributed by atoms with Crippen LogP contribution in [0, 0.1) is 6.92 Å². The highest BCUT2D eigenvalue weighted by atomic mass is 16.5. The zero-order valence-corrected chi connectivity index (χ0v) is 12.7. The lowest BCUT2D eigenvalue weighted by Crippen LogP contribution is -2.15. The van der Waals surface area contributed by atoms with Crippen molar-refractivity contribution in [1.82, 2.24) is 15.2 Å². The number of aromatic amines is 1. The molecule has 0 amide bonds. The van der Waals surface area contributed by atoms with E-state index in [0.717, 1.165) is 24.2 Å². The van der Waals surface area contributed by atoms with Crippen LogP contribution < -0.4 is 15.9 Å². The molecule has 7 nitrogen and oxygen atoms in total. The Morgan fingerprint density at radius 1 is 1.45 bits per heavy atom. The van der Waals surface area contributed by atoms with Crippen LogP contribution >= 0.6 is 0 Å². The summed E-state index contributed by atoms with van der Waals surface area (Å²) < 4.78 is 5.64. The van der Waals surface area contributed by atoms with Gasteiger partial charge >= 0.3 is 5.69 Å². The third-order valence-electron chi connectivity index (χ3n) is 2.88. The van der Waals surface area contributed by atoms with Gasteiger partial charge in [0.05, 0.1) is 12.8 Å². The van der Waals surface area contributed by atoms with E-state index < -0.39 is 5.69 Å². The smallest absolute Gasteiger partial charge is 0.363 e. The highest BCUT2D eigenvalue weighted by molar-refractivity contribution is 5.80. The number of benzene rings is 1. The molecule has 1 aromatic heterocycles. The molecule has 0 fully saturated rings. The highest BCUT2D eigenvalue weighted by Gasteiger charge is 2.00. The molecule has 0 radical (unpaired) electrons. The predicted molar refractivity (Wildman–Crippen MR) is 85.5 cm³/mol. The Balaban J connectivity index is 1.99. The lowest BCUT2D eigenvalue weighted by Gasteiger charge is -2.05. The summed E-state index contributed by atoms with van der Waals surface area (Å²) in [6.07, 6.45) is 3.76. The number of hydrazone groups is 1. The molecular weight excluding hydrogens is 282 g/mol. The van der Waals surface area contributed by atoms with Gasteiger partial charge in [-0.25, -0.2) is 9.89 Å². The third kappa shape index (κ3) is 4.69. The van der Waals surface area contributed by atoms with E-state index in [9.17, 15) is 4.79 Å². The minimum Gasteiger partial charge on any atom is -0.494 e. The van der Waals surface area contributed by atoms with Gasteiger partial charge in [-0.3, -0.25) is 5.43 Å². The van der Waals surface area contributed by atoms with E-state index in [1.807, 2.05) is 24.3 Å². The maximum absolute atomic E-state index is 11.1. The van der Waals surface area contributed by atoms with E-state index in [1.54, 1.807) is 13.1 Å². The third-order valence-corrected chi connectivity index (χ3v) is 2.88. The van der Waals surface area contributed by atoms with Gasteiger partial charge in [-0.2, -0.15) is 15.2 Å². The summed E-state index contributed by atoms with van der Waals surface area (Å²) in [5.74, 6) is 1.14. The number of nitrogens with one attached hydrogen (secondary N) is 2. The number of aryl methyl sites for hydroxylation is 1. The van der Waals surface area contributed by atoms with Crippen molar-refractivity contribution in [2.45, 2.75) is 26.7 Å². The molecule has 116 valence electrons. The van der Waals surface area contributed by atoms with Crippen molar-refractivity contribution in [1.29, 1.82) is 0 Å². The molecule has 0 aliphatic carbocycles. The quantitative estimate of drug-likeness (QED) is 0.464. The maximum Gasteiger partial charge on any atom is 0.363 e. The SMILES string of the molecule is CCCCOc1cccc(/C=N\Nc2nc(=O)[nH]nc2C)c1. The van der Waals surface area contributed by atoms with Gasteiger partial charge in [0.1, 0.15) is 11.4 Å². The molecule has 1 heterocycles. The van der Waals surface area contributed by atoms with Gasteiger partial charge in [0.25, 0.3) is 0 Å². The largest absolute Gasteiger partial charge is 0.494 e. The van der Waals surface area contributed by atoms with Crippen LogP contribution in [-0.2, 0) is 0 Å². The molecule has 0 aliphatic heterocycles. The summed E-state index contributed by atoms with van der Waals surface area (Å²) >= 11 is 0. The van der Waals surface area contributed by atoms with Crippen LogP contribution in [0.25, 0.3) is 0 Å². The minimum absolute atomic E-state index is 0.329. The summed E-state index contributed by atoms with van der Waals surface area (Å²) in [5, 5.41) is 10.1. The van der Waals surface area contributed by atoms with E-state index in [1.165, 1.54) is 0 Å². The van der Waals surface area contributed by atoms with Gasteiger partial charge in [0, 0.05) is 0 Å². The fourth-order valence-electron chi connectivity index (χ4n) is 1.68. The van der Waals surface area contributed by atoms with Crippen molar-refractivity contribution in [2.24, 2.45) is 5.10 Å². The van der Waals surface area contributed by atoms with Gasteiger partial charge in [0.2, 0.25) is 0 Å². The molecule has 2 aromatic rings. The number of hydrogen-bond acceptors (Lipinski definition) is 6. The van der Waals surface area contributed by atoms with E-state index in [4.69, 9.17) is 4.74 Å². The second-order valence-corrected chi connectivity index (χ2v) is 4.72. The first-order valence-electron chi connectivity index (χ1n) is 7.14. The average Bonchev–Trinajstić information content (AvgIpc) is 2.51. The first-order valence-corrected chi connectivity index (χ1v) is 7.14. The summed E-state index contributed by atoms with van der Waals surface area (Å²) in [4.78, 5) is 14.9. The Morgan fingerprint density at radius 3 is 3.14 bits per heavy atom. The highest BCUT2D eigenvalue weighted by Crippen LogP contribution is 2.12. The van der Waals surface area contributed by atoms with Crippen LogP contribution in [0.1, 0.15) is 31.0 Å². The Labute approximate surface area is 128 Å². The molecule has 0 saturated heterocycles. The number of ether oxygens (including phenoxy) is 1. The van der Waals surface area contributed by atoms with Crippen molar-refractivity contribution < 1.29 is 4.74 Å². The number of rotatable bonds is 7. The second-order valence-electron chi connectivity index (χ2n) is 4.72. The normalized spacial score (nSPS) is 10.8. The Bertz CT molecular complexity index is 696. The zero-order chi connectivity index (χ0) is 15.8. The number of anilines is 1. The van der Waals surface area contributed by atoms with Crippen molar-refractivity contribution in [2.75, 3.05) is 12.0 Å². The maximum atomic E-state index is 11.1. The molecule has 22 heavy (non-hydrogen) atoms. The van der Waals surface area contributed by atoms with E-state index in [2.05, 4.69) is 32.6 Å². The predicted octanol–water partition coefficient (Wildman–Crippen LogP) is 2.10. The van der Waals surface area contributed by atoms with Gasteiger partial charge in [-0.05, 0) is 31.0 Å². The summed E-state index contributed by atoms with van der Waals surface area (Å²) in [6, 6.07) is 7.62. The van der Waals surface area contributed by atoms with E-state index >= 15 is 0 Å². The van der Waals surface area contributed by atoms with Crippen LogP contribution in [0.2, 0.25) is 0 Å². The van der Waals surface area contributed by atoms with Crippen LogP contribution in [0.5, 0.6) is 5.75 Å². The fourth-order valence-corrected chi connectivity index (χ4v) is 1.68. The van der Waals surface area contributed by atoms with Crippen molar-refractivity contribution in [3.8, 4) is 5.75 Å². The van der Waals surface area contributed by atoms with Crippen LogP contribution in [0.15, 0.2) is 34.2 Å². The summed E-state index contributed by atoms with van der Waals surface area (Å²) in [5.41, 5.74) is 3.64. The standard InChI is InChI=1S/C15H19N5O2/c1-3-4-8-22-13-7-5-6-12(9-13)10-16-19-14-11(2)18-20-15(21)17-14/h5-7,9-10H,3-4,8H2,1-2H3,(H2,17,19,20,21)/b16-10-. The molecule has 2 N–H and O–H groups in total. The number of H-pyrrole nitrogens is 1. The summed E-state index contributed by atoms with van der Waals surface area (Å²) in [6.45, 7) is 4.55. The van der Waals surface area contributed by atoms with Crippen molar-refractivity contribution >= 4 is 12.0 Å². The van der Waals surface area contributed by atoms with Gasteiger partial charge in [-0.1, -0.05) is 25.5 Å². The molecule has 0 atom stereocenters. The van der Waals surface area contributed by atoms with Crippen LogP contribution in [0.4, 0.5) is 5.82 Å². The summed E-state index contributed by atoms with van der Waals surface area (Å²) in [7, 11) is 0. The fraction of sp³-hybridized carbons (Fsp3) is 0.333. The molecule has 7 heteroatoms. The molecule has 0 bridgehead atoms. The lowest BCUT2D eigenvalue weighted by molar-refractivity contribution is 0.309. The number of unbranched alkanes of at least 4 members (excludes halogenated alkanes) is 1. The molecule has 0 saturated carbocycles. The number of nitrogens with zero attached hydrogens (tertiary/aromatic N) is 3. The molecular formula is C15H19N5O2. The zero-order valence-electron chi connectivity index (χ0n) is 12.7. The van der Waals surface area contributed by atoms with Crippen LogP contribution in [0.3, 0.4) is 0 Å². The Hall–Kier alpha value is -2.70. The lowest BCUT2D eigenvalue weighted by atomic mass is 10.2. The topological polar surface area (TPSA) is 92.3 Å². The van der Waals surface area contributed by atoms with Gasteiger partial charge in [-0.15, -0.1) is 0 Å². The Kier molecular flexibility index (Phi) is 5.65. The van der Waals surface area contributed by atoms with Crippen molar-refractivity contribution in [3.63, 3.8) is 0 Å². The molecule has 0 unspecified atom stereocenters. The second kappa shape index (κ2) is 7.92. The van der Waals surface area contributed by atoms with Gasteiger partial charge in [0.15, 0.2) is 5.82 Å². The van der Waals surface area contributed by atoms with Crippen molar-refractivity contribution in [3.05, 3.63) is 46.0 Å². The molecule has 1 aromatic carbocycles. The number of aromatic nitrogens is 3.